The summed E-state index contributed by atoms with van der Waals surface area (Å²) < 4.78 is 0. The zero-order valence-electron chi connectivity index (χ0n) is 13.0. The molecular weight excluding hydrogens is 236 g/mol. The lowest BCUT2D eigenvalue weighted by Crippen LogP contribution is -2.33. The summed E-state index contributed by atoms with van der Waals surface area (Å²) >= 11 is 0. The van der Waals surface area contributed by atoms with Crippen molar-refractivity contribution in [1.82, 2.24) is 9.80 Å². The van der Waals surface area contributed by atoms with E-state index >= 15 is 0 Å². The molecule has 0 atom stereocenters. The molecule has 1 rings (SSSR count). The van der Waals surface area contributed by atoms with Gasteiger partial charge in [-0.15, -0.1) is 0 Å². The Balaban J connectivity index is 2.16. The van der Waals surface area contributed by atoms with Crippen LogP contribution in [0.25, 0.3) is 0 Å². The first-order chi connectivity index (χ1) is 9.27. The lowest BCUT2D eigenvalue weighted by atomic mass is 10.2. The van der Waals surface area contributed by atoms with Gasteiger partial charge >= 0.3 is 0 Å². The molecule has 0 unspecified atom stereocenters. The molecule has 0 spiro atoms. The highest BCUT2D eigenvalue weighted by atomic mass is 16.2. The van der Waals surface area contributed by atoms with Gasteiger partial charge in [-0.05, 0) is 58.2 Å². The summed E-state index contributed by atoms with van der Waals surface area (Å²) in [6.45, 7) is 10.00. The van der Waals surface area contributed by atoms with E-state index in [1.54, 1.807) is 0 Å². The Hall–Kier alpha value is -0.570. The first-order valence-corrected chi connectivity index (χ1v) is 8.28. The number of amides is 1. The molecule has 0 N–H and O–H groups in total. The number of nitrogens with zero attached hydrogens (tertiary/aromatic N) is 2. The first-order valence-electron chi connectivity index (χ1n) is 8.28. The summed E-state index contributed by atoms with van der Waals surface area (Å²) in [4.78, 5) is 16.7. The minimum atomic E-state index is 0.358. The van der Waals surface area contributed by atoms with Crippen LogP contribution in [0.2, 0.25) is 0 Å². The van der Waals surface area contributed by atoms with Gasteiger partial charge in [-0.1, -0.05) is 20.3 Å². The van der Waals surface area contributed by atoms with Crippen molar-refractivity contribution in [3.05, 3.63) is 0 Å². The van der Waals surface area contributed by atoms with Gasteiger partial charge in [0.15, 0.2) is 0 Å². The molecule has 1 saturated heterocycles. The second-order valence-electron chi connectivity index (χ2n) is 5.74. The van der Waals surface area contributed by atoms with E-state index in [9.17, 15) is 4.79 Å². The van der Waals surface area contributed by atoms with Crippen LogP contribution in [0.1, 0.15) is 65.2 Å². The fraction of sp³-hybridized carbons (Fsp3) is 0.938. The number of carbonyl (C=O) groups is 1. The van der Waals surface area contributed by atoms with Crippen LogP contribution in [-0.4, -0.2) is 48.4 Å². The molecule has 19 heavy (non-hydrogen) atoms. The molecule has 3 nitrogen and oxygen atoms in total. The Morgan fingerprint density at radius 3 is 2.32 bits per heavy atom. The van der Waals surface area contributed by atoms with Gasteiger partial charge in [-0.2, -0.15) is 0 Å². The van der Waals surface area contributed by atoms with E-state index in [1.807, 2.05) is 0 Å². The lowest BCUT2D eigenvalue weighted by molar-refractivity contribution is -0.131. The number of likely N-dealkylation sites (tertiary alicyclic amines) is 1. The fourth-order valence-electron chi connectivity index (χ4n) is 2.73. The second kappa shape index (κ2) is 10.2. The predicted octanol–water partition coefficient (Wildman–Crippen LogP) is 3.29. The molecule has 0 aliphatic carbocycles. The van der Waals surface area contributed by atoms with Crippen LogP contribution in [0.3, 0.4) is 0 Å². The molecule has 3 heteroatoms. The summed E-state index contributed by atoms with van der Waals surface area (Å²) in [5.74, 6) is 0.358. The van der Waals surface area contributed by atoms with Gasteiger partial charge < -0.3 is 9.80 Å². The molecule has 1 amide bonds. The van der Waals surface area contributed by atoms with Crippen molar-refractivity contribution in [3.8, 4) is 0 Å². The van der Waals surface area contributed by atoms with Crippen LogP contribution < -0.4 is 0 Å². The normalized spacial score (nSPS) is 15.9. The van der Waals surface area contributed by atoms with Crippen molar-refractivity contribution in [1.29, 1.82) is 0 Å². The van der Waals surface area contributed by atoms with E-state index in [0.717, 1.165) is 38.8 Å². The molecule has 1 heterocycles. The first kappa shape index (κ1) is 16.5. The monoisotopic (exact) mass is 268 g/mol. The van der Waals surface area contributed by atoms with E-state index in [-0.39, 0.29) is 0 Å². The molecule has 112 valence electrons. The van der Waals surface area contributed by atoms with Crippen LogP contribution in [0.15, 0.2) is 0 Å². The zero-order chi connectivity index (χ0) is 13.9. The van der Waals surface area contributed by atoms with Gasteiger partial charge in [0, 0.05) is 19.5 Å². The molecule has 1 aliphatic rings. The highest BCUT2D eigenvalue weighted by Crippen LogP contribution is 2.09. The standard InChI is InChI=1S/C16H32N2O/c1-3-5-14-18(16(19)10-4-2)15-9-8-13-17-11-6-7-12-17/h3-15H2,1-2H3. The summed E-state index contributed by atoms with van der Waals surface area (Å²) in [7, 11) is 0. The predicted molar refractivity (Wildman–Crippen MR) is 81.3 cm³/mol. The van der Waals surface area contributed by atoms with Crippen molar-refractivity contribution >= 4 is 5.91 Å². The summed E-state index contributed by atoms with van der Waals surface area (Å²) in [6.07, 6.45) is 9.14. The Bertz CT molecular complexity index is 237. The third-order valence-electron chi connectivity index (χ3n) is 3.95. The largest absolute Gasteiger partial charge is 0.343 e. The summed E-state index contributed by atoms with van der Waals surface area (Å²) in [5.41, 5.74) is 0. The maximum Gasteiger partial charge on any atom is 0.222 e. The number of hydrogen-bond donors (Lipinski definition) is 0. The smallest absolute Gasteiger partial charge is 0.222 e. The number of hydrogen-bond acceptors (Lipinski definition) is 2. The van der Waals surface area contributed by atoms with Crippen molar-refractivity contribution in [3.63, 3.8) is 0 Å². The molecular formula is C16H32N2O. The molecule has 1 aliphatic heterocycles. The summed E-state index contributed by atoms with van der Waals surface area (Å²) in [6, 6.07) is 0. The summed E-state index contributed by atoms with van der Waals surface area (Å²) in [5, 5.41) is 0. The van der Waals surface area contributed by atoms with Crippen LogP contribution >= 0.6 is 0 Å². The van der Waals surface area contributed by atoms with E-state index in [4.69, 9.17) is 0 Å². The van der Waals surface area contributed by atoms with Crippen molar-refractivity contribution in [2.75, 3.05) is 32.7 Å². The number of unbranched alkanes of at least 4 members (excludes halogenated alkanes) is 2. The van der Waals surface area contributed by atoms with Gasteiger partial charge in [0.05, 0.1) is 0 Å². The fourth-order valence-corrected chi connectivity index (χ4v) is 2.73. The molecule has 0 radical (unpaired) electrons. The third-order valence-corrected chi connectivity index (χ3v) is 3.95. The van der Waals surface area contributed by atoms with Crippen LogP contribution in [0.5, 0.6) is 0 Å². The lowest BCUT2D eigenvalue weighted by Gasteiger charge is -2.23. The number of rotatable bonds is 10. The maximum atomic E-state index is 12.0. The van der Waals surface area contributed by atoms with E-state index in [0.29, 0.717) is 5.91 Å². The van der Waals surface area contributed by atoms with Crippen LogP contribution in [0, 0.1) is 0 Å². The quantitative estimate of drug-likeness (QED) is 0.568. The Morgan fingerprint density at radius 2 is 1.68 bits per heavy atom. The molecule has 0 saturated carbocycles. The van der Waals surface area contributed by atoms with E-state index in [2.05, 4.69) is 23.6 Å². The van der Waals surface area contributed by atoms with Crippen LogP contribution in [0.4, 0.5) is 0 Å². The van der Waals surface area contributed by atoms with Crippen molar-refractivity contribution < 1.29 is 4.79 Å². The SMILES string of the molecule is CCCCN(CCCCN1CCCC1)C(=O)CCC. The highest BCUT2D eigenvalue weighted by molar-refractivity contribution is 5.76. The zero-order valence-corrected chi connectivity index (χ0v) is 13.0. The minimum absolute atomic E-state index is 0.358. The van der Waals surface area contributed by atoms with Gasteiger partial charge in [0.25, 0.3) is 0 Å². The molecule has 1 fully saturated rings. The second-order valence-corrected chi connectivity index (χ2v) is 5.74. The minimum Gasteiger partial charge on any atom is -0.343 e. The van der Waals surface area contributed by atoms with Gasteiger partial charge in [-0.3, -0.25) is 4.79 Å². The molecule has 0 aromatic rings. The van der Waals surface area contributed by atoms with E-state index < -0.39 is 0 Å². The van der Waals surface area contributed by atoms with Crippen molar-refractivity contribution in [2.45, 2.75) is 65.2 Å². The Morgan fingerprint density at radius 1 is 1.00 bits per heavy atom. The van der Waals surface area contributed by atoms with Gasteiger partial charge in [-0.25, -0.2) is 0 Å². The Labute approximate surface area is 119 Å². The third kappa shape index (κ3) is 6.95. The van der Waals surface area contributed by atoms with Gasteiger partial charge in [0.1, 0.15) is 0 Å². The highest BCUT2D eigenvalue weighted by Gasteiger charge is 2.13. The number of carbonyl (C=O) groups excluding carboxylic acids is 1. The molecule has 0 aromatic heterocycles. The molecule has 0 bridgehead atoms. The van der Waals surface area contributed by atoms with E-state index in [1.165, 1.54) is 45.3 Å². The topological polar surface area (TPSA) is 23.6 Å². The maximum absolute atomic E-state index is 12.0. The molecule has 0 aromatic carbocycles. The van der Waals surface area contributed by atoms with Crippen molar-refractivity contribution in [2.24, 2.45) is 0 Å². The van der Waals surface area contributed by atoms with Crippen LogP contribution in [-0.2, 0) is 4.79 Å². The average molecular weight is 268 g/mol. The average Bonchev–Trinajstić information content (AvgIpc) is 2.91. The Kier molecular flexibility index (Phi) is 8.89. The van der Waals surface area contributed by atoms with Gasteiger partial charge in [0.2, 0.25) is 5.91 Å².